The van der Waals surface area contributed by atoms with Crippen LogP contribution in [0.3, 0.4) is 0 Å². The zero-order valence-corrected chi connectivity index (χ0v) is 18.1. The third-order valence-corrected chi connectivity index (χ3v) is 6.55. The molecule has 2 aliphatic heterocycles. The largest absolute Gasteiger partial charge is 0.495 e. The number of rotatable bonds is 5. The molecule has 0 bridgehead atoms. The number of piperazine rings is 1. The van der Waals surface area contributed by atoms with Crippen molar-refractivity contribution in [2.24, 2.45) is 0 Å². The number of ether oxygens (including phenoxy) is 3. The van der Waals surface area contributed by atoms with Gasteiger partial charge in [-0.05, 0) is 49.1 Å². The van der Waals surface area contributed by atoms with E-state index < -0.39 is 0 Å². The van der Waals surface area contributed by atoms with Crippen molar-refractivity contribution in [1.82, 2.24) is 4.90 Å². The van der Waals surface area contributed by atoms with Crippen LogP contribution in [0.25, 0.3) is 0 Å². The van der Waals surface area contributed by atoms with Crippen molar-refractivity contribution >= 4 is 17.3 Å². The van der Waals surface area contributed by atoms with Crippen LogP contribution in [0.15, 0.2) is 36.4 Å². The lowest BCUT2D eigenvalue weighted by molar-refractivity contribution is 0.0715. The van der Waals surface area contributed by atoms with Crippen molar-refractivity contribution in [3.63, 3.8) is 0 Å². The van der Waals surface area contributed by atoms with Gasteiger partial charge < -0.3 is 19.1 Å². The van der Waals surface area contributed by atoms with E-state index in [0.29, 0.717) is 17.1 Å². The van der Waals surface area contributed by atoms with E-state index in [1.807, 2.05) is 18.2 Å². The topological polar surface area (TPSA) is 34.2 Å². The van der Waals surface area contributed by atoms with E-state index in [4.69, 9.17) is 25.8 Å². The second-order valence-electron chi connectivity index (χ2n) is 7.72. The van der Waals surface area contributed by atoms with E-state index in [2.05, 4.69) is 28.0 Å². The minimum Gasteiger partial charge on any atom is -0.495 e. The minimum absolute atomic E-state index is 0.426. The number of anilines is 1. The first-order chi connectivity index (χ1) is 14.1. The monoisotopic (exact) mass is 416 g/mol. The molecule has 0 aromatic heterocycles. The lowest BCUT2D eigenvalue weighted by Gasteiger charge is -2.49. The summed E-state index contributed by atoms with van der Waals surface area (Å²) >= 11 is 6.21. The van der Waals surface area contributed by atoms with E-state index in [0.717, 1.165) is 36.9 Å². The zero-order valence-electron chi connectivity index (χ0n) is 17.4. The summed E-state index contributed by atoms with van der Waals surface area (Å²) in [4.78, 5) is 5.13. The molecule has 2 saturated heterocycles. The fraction of sp³-hybridized carbons (Fsp3) is 0.478. The molecule has 6 heteroatoms. The zero-order chi connectivity index (χ0) is 20.4. The summed E-state index contributed by atoms with van der Waals surface area (Å²) in [7, 11) is 5.04. The lowest BCUT2D eigenvalue weighted by atomic mass is 9.89. The van der Waals surface area contributed by atoms with Gasteiger partial charge in [-0.3, -0.25) is 4.90 Å². The summed E-state index contributed by atoms with van der Waals surface area (Å²) < 4.78 is 16.4. The van der Waals surface area contributed by atoms with Gasteiger partial charge in [0.1, 0.15) is 5.75 Å². The molecule has 2 heterocycles. The molecular weight excluding hydrogens is 388 g/mol. The SMILES string of the molecule is COc1cc(N2CCN3[C@@H](CCC[C@H]3c3ccc(OC)c(OC)c3)C2)ccc1Cl. The van der Waals surface area contributed by atoms with Crippen LogP contribution >= 0.6 is 11.6 Å². The molecule has 2 atom stereocenters. The number of benzene rings is 2. The Morgan fingerprint density at radius 1 is 0.862 bits per heavy atom. The molecule has 0 saturated carbocycles. The summed E-state index contributed by atoms with van der Waals surface area (Å²) in [6.45, 7) is 3.05. The van der Waals surface area contributed by atoms with E-state index in [9.17, 15) is 0 Å². The first-order valence-electron chi connectivity index (χ1n) is 10.2. The van der Waals surface area contributed by atoms with Gasteiger partial charge >= 0.3 is 0 Å². The number of piperidine rings is 1. The molecule has 0 radical (unpaired) electrons. The van der Waals surface area contributed by atoms with Crippen LogP contribution in [0.4, 0.5) is 5.69 Å². The smallest absolute Gasteiger partial charge is 0.161 e. The molecule has 156 valence electrons. The highest BCUT2D eigenvalue weighted by molar-refractivity contribution is 6.32. The minimum atomic E-state index is 0.426. The first kappa shape index (κ1) is 20.2. The molecule has 2 aliphatic rings. The third kappa shape index (κ3) is 3.99. The second kappa shape index (κ2) is 8.72. The maximum Gasteiger partial charge on any atom is 0.161 e. The predicted octanol–water partition coefficient (Wildman–Crippen LogP) is 4.78. The molecule has 0 N–H and O–H groups in total. The number of hydrogen-bond acceptors (Lipinski definition) is 5. The Kier molecular flexibility index (Phi) is 6.07. The number of methoxy groups -OCH3 is 3. The van der Waals surface area contributed by atoms with Gasteiger partial charge in [0.05, 0.1) is 26.4 Å². The molecule has 2 aromatic rings. The molecule has 0 unspecified atom stereocenters. The van der Waals surface area contributed by atoms with Gasteiger partial charge in [0.15, 0.2) is 11.5 Å². The summed E-state index contributed by atoms with van der Waals surface area (Å²) in [6.07, 6.45) is 3.64. The van der Waals surface area contributed by atoms with Crippen molar-refractivity contribution in [1.29, 1.82) is 0 Å². The van der Waals surface area contributed by atoms with Crippen LogP contribution in [0.2, 0.25) is 5.02 Å². The Morgan fingerprint density at radius 3 is 2.41 bits per heavy atom. The number of nitrogens with zero attached hydrogens (tertiary/aromatic N) is 2. The Balaban J connectivity index is 1.53. The van der Waals surface area contributed by atoms with Crippen LogP contribution in [-0.2, 0) is 0 Å². The maximum absolute atomic E-state index is 6.21. The Bertz CT molecular complexity index is 860. The highest BCUT2D eigenvalue weighted by Gasteiger charge is 2.36. The summed E-state index contributed by atoms with van der Waals surface area (Å²) in [5.74, 6) is 2.32. The van der Waals surface area contributed by atoms with Crippen LogP contribution in [0.5, 0.6) is 17.2 Å². The highest BCUT2D eigenvalue weighted by Crippen LogP contribution is 2.40. The average molecular weight is 417 g/mol. The van der Waals surface area contributed by atoms with E-state index in [1.165, 1.54) is 30.5 Å². The van der Waals surface area contributed by atoms with Crippen molar-refractivity contribution in [2.75, 3.05) is 45.9 Å². The van der Waals surface area contributed by atoms with Gasteiger partial charge in [-0.15, -0.1) is 0 Å². The van der Waals surface area contributed by atoms with Crippen LogP contribution in [0.1, 0.15) is 30.9 Å². The van der Waals surface area contributed by atoms with Gasteiger partial charge in [0.2, 0.25) is 0 Å². The average Bonchev–Trinajstić information content (AvgIpc) is 2.78. The molecule has 2 aromatic carbocycles. The second-order valence-corrected chi connectivity index (χ2v) is 8.12. The summed E-state index contributed by atoms with van der Waals surface area (Å²) in [6, 6.07) is 13.4. The Hall–Kier alpha value is -2.11. The quantitative estimate of drug-likeness (QED) is 0.700. The maximum atomic E-state index is 6.21. The van der Waals surface area contributed by atoms with Gasteiger partial charge in [-0.2, -0.15) is 0 Å². The molecule has 0 spiro atoms. The molecule has 2 fully saturated rings. The van der Waals surface area contributed by atoms with Crippen LogP contribution in [0, 0.1) is 0 Å². The van der Waals surface area contributed by atoms with Crippen molar-refractivity contribution in [3.8, 4) is 17.2 Å². The Morgan fingerprint density at radius 2 is 1.66 bits per heavy atom. The van der Waals surface area contributed by atoms with E-state index >= 15 is 0 Å². The lowest BCUT2D eigenvalue weighted by Crippen LogP contribution is -2.55. The van der Waals surface area contributed by atoms with Gasteiger partial charge in [-0.25, -0.2) is 0 Å². The Labute approximate surface area is 178 Å². The highest BCUT2D eigenvalue weighted by atomic mass is 35.5. The number of fused-ring (bicyclic) bond motifs is 1. The van der Waals surface area contributed by atoms with Crippen molar-refractivity contribution in [2.45, 2.75) is 31.3 Å². The summed E-state index contributed by atoms with van der Waals surface area (Å²) in [5.41, 5.74) is 2.49. The van der Waals surface area contributed by atoms with Gasteiger partial charge in [-0.1, -0.05) is 17.7 Å². The normalized spacial score (nSPS) is 22.1. The van der Waals surface area contributed by atoms with Gasteiger partial charge in [0, 0.05) is 43.5 Å². The predicted molar refractivity (Wildman–Crippen MR) is 117 cm³/mol. The fourth-order valence-corrected chi connectivity index (χ4v) is 4.94. The summed E-state index contributed by atoms with van der Waals surface area (Å²) in [5, 5.41) is 0.654. The third-order valence-electron chi connectivity index (χ3n) is 6.24. The molecule has 0 aliphatic carbocycles. The van der Waals surface area contributed by atoms with Gasteiger partial charge in [0.25, 0.3) is 0 Å². The van der Waals surface area contributed by atoms with Crippen LogP contribution in [-0.4, -0.2) is 51.9 Å². The van der Waals surface area contributed by atoms with E-state index in [1.54, 1.807) is 21.3 Å². The molecule has 4 rings (SSSR count). The van der Waals surface area contributed by atoms with Crippen molar-refractivity contribution in [3.05, 3.63) is 47.0 Å². The fourth-order valence-electron chi connectivity index (χ4n) is 4.75. The molecule has 29 heavy (non-hydrogen) atoms. The standard InChI is InChI=1S/C23H29ClN2O3/c1-27-21-10-7-16(13-23(21)29-3)20-6-4-5-18-15-25(11-12-26(18)20)17-8-9-19(24)22(14-17)28-2/h7-10,13-14,18,20H,4-6,11-12,15H2,1-3H3/t18-,20-/m0/s1. The van der Waals surface area contributed by atoms with E-state index in [-0.39, 0.29) is 0 Å². The van der Waals surface area contributed by atoms with Crippen molar-refractivity contribution < 1.29 is 14.2 Å². The number of halogens is 1. The molecule has 5 nitrogen and oxygen atoms in total. The number of hydrogen-bond donors (Lipinski definition) is 0. The first-order valence-corrected chi connectivity index (χ1v) is 10.6. The molecule has 0 amide bonds. The molecular formula is C23H29ClN2O3. The van der Waals surface area contributed by atoms with Crippen LogP contribution < -0.4 is 19.1 Å².